The minimum absolute atomic E-state index is 0.0409. The molecule has 1 fully saturated rings. The second kappa shape index (κ2) is 11.3. The average molecular weight is 514 g/mol. The molecule has 1 atom stereocenters. The molecule has 1 saturated heterocycles. The highest BCUT2D eigenvalue weighted by Gasteiger charge is 2.35. The summed E-state index contributed by atoms with van der Waals surface area (Å²) in [6, 6.07) is 9.47. The number of aliphatic hydroxyl groups is 1. The third-order valence-electron chi connectivity index (χ3n) is 6.41. The number of benzene rings is 1. The van der Waals surface area contributed by atoms with E-state index >= 15 is 0 Å². The number of aliphatic hydroxyl groups excluding tert-OH is 1. The van der Waals surface area contributed by atoms with Gasteiger partial charge in [0.2, 0.25) is 0 Å². The van der Waals surface area contributed by atoms with Crippen LogP contribution in [0.5, 0.6) is 5.06 Å². The summed E-state index contributed by atoms with van der Waals surface area (Å²) in [6.45, 7) is 3.08. The van der Waals surface area contributed by atoms with Gasteiger partial charge in [-0.25, -0.2) is 13.2 Å². The maximum atomic E-state index is 13.4. The molecule has 0 amide bonds. The predicted octanol–water partition coefficient (Wildman–Crippen LogP) is 4.85. The van der Waals surface area contributed by atoms with Gasteiger partial charge in [-0.2, -0.15) is 0 Å². The summed E-state index contributed by atoms with van der Waals surface area (Å²) in [6.07, 6.45) is 1.48. The van der Waals surface area contributed by atoms with Crippen molar-refractivity contribution in [1.29, 1.82) is 0 Å². The van der Waals surface area contributed by atoms with E-state index in [0.717, 1.165) is 37.3 Å². The Morgan fingerprint density at radius 3 is 2.71 bits per heavy atom. The zero-order valence-corrected chi connectivity index (χ0v) is 20.5. The van der Waals surface area contributed by atoms with Crippen molar-refractivity contribution in [3.8, 4) is 5.06 Å². The minimum Gasteiger partial charge on any atom is -0.478 e. The molecule has 0 bridgehead atoms. The number of nitrogens with zero attached hydrogens (tertiary/aromatic N) is 2. The number of H-pyrrole nitrogens is 1. The van der Waals surface area contributed by atoms with Crippen LogP contribution in [0, 0.1) is 5.82 Å². The molecule has 4 heterocycles. The van der Waals surface area contributed by atoms with Gasteiger partial charge in [-0.15, -0.1) is 11.3 Å². The number of para-hydroxylation sites is 1. The van der Waals surface area contributed by atoms with Crippen molar-refractivity contribution in [2.24, 2.45) is 0 Å². The first kappa shape index (κ1) is 25.9. The van der Waals surface area contributed by atoms with Crippen LogP contribution in [0.2, 0.25) is 0 Å². The molecule has 5 rings (SSSR count). The van der Waals surface area contributed by atoms with E-state index in [4.69, 9.17) is 9.84 Å². The molecular weight excluding hydrogens is 482 g/mol. The highest BCUT2D eigenvalue weighted by molar-refractivity contribution is 7.11. The summed E-state index contributed by atoms with van der Waals surface area (Å²) in [7, 11) is 0. The lowest BCUT2D eigenvalue weighted by Gasteiger charge is -2.38. The zero-order valence-electron chi connectivity index (χ0n) is 19.7. The monoisotopic (exact) mass is 513 g/mol. The first-order valence-corrected chi connectivity index (χ1v) is 12.7. The Hall–Kier alpha value is -2.14. The van der Waals surface area contributed by atoms with E-state index < -0.39 is 19.1 Å². The Balaban J connectivity index is 0.000000172. The van der Waals surface area contributed by atoms with Crippen LogP contribution < -0.4 is 4.74 Å². The highest BCUT2D eigenvalue weighted by atomic mass is 32.1. The van der Waals surface area contributed by atoms with Crippen molar-refractivity contribution in [2.75, 3.05) is 39.5 Å². The molecule has 1 unspecified atom stereocenters. The standard InChI is InChI=1S/C15H18F2N2O.C10H13F2NOS/c1-10-6-12-11-4-2-3-5-13(11)18-14(12)7-19(10)8-15(16,17)9-20;11-2-1-3-13-5-9(6-13)14-10-4-8(12)7-15-10/h2-5,10,18,20H,6-9H2,1H3;4,7,9H,1-3,5-6H2. The fourth-order valence-corrected chi connectivity index (χ4v) is 5.22. The van der Waals surface area contributed by atoms with Crippen molar-refractivity contribution < 1.29 is 27.4 Å². The number of fused-ring (bicyclic) bond motifs is 3. The maximum Gasteiger partial charge on any atom is 0.283 e. The molecule has 35 heavy (non-hydrogen) atoms. The van der Waals surface area contributed by atoms with Crippen LogP contribution in [0.3, 0.4) is 0 Å². The molecular formula is C25H31F4N3O2S. The number of nitrogens with one attached hydrogen (secondary N) is 1. The number of halogens is 4. The van der Waals surface area contributed by atoms with Crippen LogP contribution in [-0.2, 0) is 13.0 Å². The summed E-state index contributed by atoms with van der Waals surface area (Å²) in [5, 5.41) is 12.0. The van der Waals surface area contributed by atoms with E-state index in [1.54, 1.807) is 4.90 Å². The van der Waals surface area contributed by atoms with Crippen molar-refractivity contribution in [1.82, 2.24) is 14.8 Å². The summed E-state index contributed by atoms with van der Waals surface area (Å²) in [5.74, 6) is -3.29. The van der Waals surface area contributed by atoms with E-state index in [1.165, 1.54) is 33.7 Å². The van der Waals surface area contributed by atoms with E-state index in [2.05, 4.69) is 16.0 Å². The van der Waals surface area contributed by atoms with Gasteiger partial charge >= 0.3 is 0 Å². The Bertz CT molecular complexity index is 1100. The number of hydrogen-bond donors (Lipinski definition) is 2. The number of alkyl halides is 3. The van der Waals surface area contributed by atoms with Crippen LogP contribution in [0.1, 0.15) is 24.6 Å². The first-order valence-electron chi connectivity index (χ1n) is 11.8. The van der Waals surface area contributed by atoms with E-state index in [1.807, 2.05) is 25.1 Å². The molecule has 2 aromatic heterocycles. The van der Waals surface area contributed by atoms with Gasteiger partial charge in [-0.05, 0) is 31.4 Å². The maximum absolute atomic E-state index is 13.4. The molecule has 0 radical (unpaired) electrons. The minimum atomic E-state index is -3.04. The zero-order chi connectivity index (χ0) is 25.0. The molecule has 0 saturated carbocycles. The molecule has 192 valence electrons. The normalized spacial score (nSPS) is 19.2. The van der Waals surface area contributed by atoms with Gasteiger partial charge in [0.15, 0.2) is 5.06 Å². The molecule has 2 aliphatic heterocycles. The Labute approximate surface area is 206 Å². The average Bonchev–Trinajstić information content (AvgIpc) is 3.38. The topological polar surface area (TPSA) is 51.7 Å². The summed E-state index contributed by atoms with van der Waals surface area (Å²) in [4.78, 5) is 7.18. The fraction of sp³-hybridized carbons (Fsp3) is 0.520. The van der Waals surface area contributed by atoms with Gasteiger partial charge in [-0.1, -0.05) is 18.2 Å². The van der Waals surface area contributed by atoms with Gasteiger partial charge in [0.25, 0.3) is 5.92 Å². The van der Waals surface area contributed by atoms with Gasteiger partial charge in [0.05, 0.1) is 13.2 Å². The molecule has 5 nitrogen and oxygen atoms in total. The summed E-state index contributed by atoms with van der Waals surface area (Å²) >= 11 is 1.27. The molecule has 10 heteroatoms. The molecule has 2 N–H and O–H groups in total. The molecule has 2 aliphatic rings. The van der Waals surface area contributed by atoms with Crippen molar-refractivity contribution in [3.05, 3.63) is 52.8 Å². The predicted molar refractivity (Wildman–Crippen MR) is 130 cm³/mol. The number of hydrogen-bond acceptors (Lipinski definition) is 5. The van der Waals surface area contributed by atoms with Crippen LogP contribution >= 0.6 is 11.3 Å². The highest BCUT2D eigenvalue weighted by Crippen LogP contribution is 2.31. The Kier molecular flexibility index (Phi) is 8.36. The first-order chi connectivity index (χ1) is 16.8. The van der Waals surface area contributed by atoms with Crippen LogP contribution in [0.25, 0.3) is 10.9 Å². The number of rotatable bonds is 8. The van der Waals surface area contributed by atoms with Crippen molar-refractivity contribution >= 4 is 22.2 Å². The number of likely N-dealkylation sites (tertiary alicyclic amines) is 1. The third kappa shape index (κ3) is 6.55. The molecule has 0 spiro atoms. The van der Waals surface area contributed by atoms with Crippen LogP contribution in [0.15, 0.2) is 35.7 Å². The van der Waals surface area contributed by atoms with E-state index in [0.29, 0.717) is 18.0 Å². The number of aromatic amines is 1. The second-order valence-corrected chi connectivity index (χ2v) is 10.1. The lowest BCUT2D eigenvalue weighted by molar-refractivity contribution is -0.0819. The number of ether oxygens (including phenoxy) is 1. The lowest BCUT2D eigenvalue weighted by atomic mass is 9.97. The molecule has 0 aliphatic carbocycles. The fourth-order valence-electron chi connectivity index (χ4n) is 4.55. The van der Waals surface area contributed by atoms with Gasteiger partial charge in [-0.3, -0.25) is 14.2 Å². The lowest BCUT2D eigenvalue weighted by Crippen LogP contribution is -2.53. The van der Waals surface area contributed by atoms with Crippen LogP contribution in [0.4, 0.5) is 17.6 Å². The summed E-state index contributed by atoms with van der Waals surface area (Å²) < 4.78 is 56.8. The van der Waals surface area contributed by atoms with Crippen LogP contribution in [-0.4, -0.2) is 77.4 Å². The van der Waals surface area contributed by atoms with Crippen molar-refractivity contribution in [3.63, 3.8) is 0 Å². The second-order valence-electron chi connectivity index (χ2n) is 9.23. The van der Waals surface area contributed by atoms with Crippen molar-refractivity contribution in [2.45, 2.75) is 44.4 Å². The largest absolute Gasteiger partial charge is 0.478 e. The molecule has 3 aromatic rings. The summed E-state index contributed by atoms with van der Waals surface area (Å²) in [5.41, 5.74) is 3.30. The Morgan fingerprint density at radius 2 is 2.03 bits per heavy atom. The van der Waals surface area contributed by atoms with Gasteiger partial charge < -0.3 is 14.8 Å². The number of aromatic nitrogens is 1. The van der Waals surface area contributed by atoms with E-state index in [9.17, 15) is 17.6 Å². The smallest absolute Gasteiger partial charge is 0.283 e. The number of thiophene rings is 1. The van der Waals surface area contributed by atoms with Gasteiger partial charge in [0.1, 0.15) is 18.5 Å². The SMILES string of the molecule is CC1Cc2c([nH]c3ccccc23)CN1CC(F)(F)CO.FCCCN1CC(Oc2cc(F)cs2)C1. The Morgan fingerprint density at radius 1 is 1.26 bits per heavy atom. The van der Waals surface area contributed by atoms with Gasteiger partial charge in [0, 0.05) is 60.3 Å². The third-order valence-corrected chi connectivity index (χ3v) is 7.20. The molecule has 1 aromatic carbocycles. The quantitative estimate of drug-likeness (QED) is 0.423. The van der Waals surface area contributed by atoms with E-state index in [-0.39, 0.29) is 24.6 Å².